The van der Waals surface area contributed by atoms with Gasteiger partial charge in [0.25, 0.3) is 0 Å². The van der Waals surface area contributed by atoms with Crippen molar-refractivity contribution in [2.45, 2.75) is 13.3 Å². The number of carboxylic acids is 1. The SMILES string of the molecule is CCN(C)CCNC(=O)[C@H]1C2C=CC(C2)[C@H]1C(=O)O. The molecule has 2 bridgehead atoms. The van der Waals surface area contributed by atoms with Gasteiger partial charge in [-0.15, -0.1) is 0 Å². The van der Waals surface area contributed by atoms with Gasteiger partial charge in [0.1, 0.15) is 0 Å². The lowest BCUT2D eigenvalue weighted by Crippen LogP contribution is -2.42. The number of fused-ring (bicyclic) bond motifs is 2. The molecular weight excluding hydrogens is 244 g/mol. The van der Waals surface area contributed by atoms with E-state index in [2.05, 4.69) is 17.1 Å². The van der Waals surface area contributed by atoms with Crippen molar-refractivity contribution in [1.29, 1.82) is 0 Å². The Morgan fingerprint density at radius 1 is 1.32 bits per heavy atom. The summed E-state index contributed by atoms with van der Waals surface area (Å²) in [6.45, 7) is 4.36. The molecule has 2 aliphatic rings. The van der Waals surface area contributed by atoms with Crippen molar-refractivity contribution in [3.05, 3.63) is 12.2 Å². The van der Waals surface area contributed by atoms with Crippen LogP contribution in [0.15, 0.2) is 12.2 Å². The molecule has 5 nitrogen and oxygen atoms in total. The molecule has 1 saturated carbocycles. The summed E-state index contributed by atoms with van der Waals surface area (Å²) in [4.78, 5) is 25.6. The minimum atomic E-state index is -0.845. The Hall–Kier alpha value is -1.36. The van der Waals surface area contributed by atoms with Crippen molar-refractivity contribution in [1.82, 2.24) is 10.2 Å². The lowest BCUT2D eigenvalue weighted by Gasteiger charge is -2.24. The largest absolute Gasteiger partial charge is 0.481 e. The van der Waals surface area contributed by atoms with E-state index >= 15 is 0 Å². The minimum absolute atomic E-state index is 0.0385. The normalized spacial score (nSPS) is 31.9. The highest BCUT2D eigenvalue weighted by atomic mass is 16.4. The van der Waals surface area contributed by atoms with Crippen molar-refractivity contribution in [3.8, 4) is 0 Å². The van der Waals surface area contributed by atoms with Crippen molar-refractivity contribution >= 4 is 11.9 Å². The van der Waals surface area contributed by atoms with Gasteiger partial charge in [-0.05, 0) is 31.8 Å². The number of amides is 1. The summed E-state index contributed by atoms with van der Waals surface area (Å²) in [5.41, 5.74) is 0. The quantitative estimate of drug-likeness (QED) is 0.690. The molecule has 0 aromatic heterocycles. The Labute approximate surface area is 113 Å². The highest BCUT2D eigenvalue weighted by molar-refractivity contribution is 5.86. The van der Waals surface area contributed by atoms with Gasteiger partial charge in [0.2, 0.25) is 5.91 Å². The van der Waals surface area contributed by atoms with E-state index in [1.807, 2.05) is 19.2 Å². The van der Waals surface area contributed by atoms with E-state index in [0.29, 0.717) is 6.54 Å². The minimum Gasteiger partial charge on any atom is -0.481 e. The van der Waals surface area contributed by atoms with Crippen LogP contribution in [0.25, 0.3) is 0 Å². The molecule has 4 atom stereocenters. The van der Waals surface area contributed by atoms with Gasteiger partial charge in [-0.25, -0.2) is 0 Å². The van der Waals surface area contributed by atoms with E-state index in [0.717, 1.165) is 19.5 Å². The Bertz CT molecular complexity index is 394. The van der Waals surface area contributed by atoms with Gasteiger partial charge in [0, 0.05) is 13.1 Å². The molecule has 0 aliphatic heterocycles. The smallest absolute Gasteiger partial charge is 0.307 e. The van der Waals surface area contributed by atoms with Crippen LogP contribution < -0.4 is 5.32 Å². The summed E-state index contributed by atoms with van der Waals surface area (Å²) in [7, 11) is 1.99. The zero-order valence-electron chi connectivity index (χ0n) is 11.5. The van der Waals surface area contributed by atoms with Crippen molar-refractivity contribution < 1.29 is 14.7 Å². The lowest BCUT2D eigenvalue weighted by atomic mass is 9.82. The standard InChI is InChI=1S/C14H22N2O3/c1-3-16(2)7-6-15-13(17)11-9-4-5-10(8-9)12(11)14(18)19/h4-5,9-12H,3,6-8H2,1-2H3,(H,15,17)(H,18,19)/t9?,10?,11-,12+/m0/s1. The fourth-order valence-electron chi connectivity index (χ4n) is 3.16. The summed E-state index contributed by atoms with van der Waals surface area (Å²) in [6.07, 6.45) is 4.77. The molecule has 0 saturated heterocycles. The van der Waals surface area contributed by atoms with Gasteiger partial charge in [-0.2, -0.15) is 0 Å². The number of hydrogen-bond acceptors (Lipinski definition) is 3. The lowest BCUT2D eigenvalue weighted by molar-refractivity contribution is -0.147. The molecule has 0 aromatic carbocycles. The molecule has 0 radical (unpaired) electrons. The van der Waals surface area contributed by atoms with Crippen LogP contribution in [0.5, 0.6) is 0 Å². The Morgan fingerprint density at radius 2 is 1.95 bits per heavy atom. The van der Waals surface area contributed by atoms with Crippen LogP contribution in [0.4, 0.5) is 0 Å². The molecule has 2 unspecified atom stereocenters. The second kappa shape index (κ2) is 5.74. The van der Waals surface area contributed by atoms with E-state index in [1.54, 1.807) is 0 Å². The maximum atomic E-state index is 12.2. The first-order chi connectivity index (χ1) is 9.04. The number of likely N-dealkylation sites (N-methyl/N-ethyl adjacent to an activating group) is 1. The number of nitrogens with one attached hydrogen (secondary N) is 1. The highest BCUT2D eigenvalue weighted by Crippen LogP contribution is 2.48. The molecule has 2 N–H and O–H groups in total. The van der Waals surface area contributed by atoms with Crippen LogP contribution >= 0.6 is 0 Å². The first-order valence-corrected chi connectivity index (χ1v) is 6.92. The number of aliphatic carboxylic acids is 1. The summed E-state index contributed by atoms with van der Waals surface area (Å²) >= 11 is 0. The van der Waals surface area contributed by atoms with Crippen LogP contribution in [0, 0.1) is 23.7 Å². The molecule has 0 spiro atoms. The molecule has 1 amide bonds. The van der Waals surface area contributed by atoms with Gasteiger partial charge in [0.05, 0.1) is 11.8 Å². The number of carbonyl (C=O) groups is 2. The van der Waals surface area contributed by atoms with E-state index in [-0.39, 0.29) is 23.7 Å². The van der Waals surface area contributed by atoms with Gasteiger partial charge in [-0.3, -0.25) is 9.59 Å². The molecule has 106 valence electrons. The molecule has 0 heterocycles. The average Bonchev–Trinajstić information content (AvgIpc) is 2.98. The maximum absolute atomic E-state index is 12.2. The number of rotatable bonds is 6. The summed E-state index contributed by atoms with van der Waals surface area (Å²) < 4.78 is 0. The number of hydrogen-bond donors (Lipinski definition) is 2. The Morgan fingerprint density at radius 3 is 2.53 bits per heavy atom. The van der Waals surface area contributed by atoms with E-state index < -0.39 is 11.9 Å². The van der Waals surface area contributed by atoms with Crippen LogP contribution in [0.1, 0.15) is 13.3 Å². The molecule has 19 heavy (non-hydrogen) atoms. The summed E-state index contributed by atoms with van der Waals surface area (Å²) in [6, 6.07) is 0. The fourth-order valence-corrected chi connectivity index (χ4v) is 3.16. The van der Waals surface area contributed by atoms with Gasteiger partial charge in [0.15, 0.2) is 0 Å². The summed E-state index contributed by atoms with van der Waals surface area (Å²) in [5, 5.41) is 12.2. The zero-order valence-corrected chi connectivity index (χ0v) is 11.5. The third kappa shape index (κ3) is 2.81. The number of allylic oxidation sites excluding steroid dienone is 2. The van der Waals surface area contributed by atoms with Crippen molar-refractivity contribution in [2.24, 2.45) is 23.7 Å². The molecule has 2 rings (SSSR count). The van der Waals surface area contributed by atoms with Crippen LogP contribution in [-0.4, -0.2) is 48.6 Å². The molecular formula is C14H22N2O3. The molecule has 1 fully saturated rings. The van der Waals surface area contributed by atoms with Crippen LogP contribution in [0.3, 0.4) is 0 Å². The predicted octanol–water partition coefficient (Wildman–Crippen LogP) is 0.577. The van der Waals surface area contributed by atoms with Gasteiger partial charge < -0.3 is 15.3 Å². The van der Waals surface area contributed by atoms with Crippen molar-refractivity contribution in [3.63, 3.8) is 0 Å². The molecule has 5 heteroatoms. The van der Waals surface area contributed by atoms with E-state index in [4.69, 9.17) is 0 Å². The third-order valence-corrected chi connectivity index (χ3v) is 4.38. The van der Waals surface area contributed by atoms with E-state index in [1.165, 1.54) is 0 Å². The number of carbonyl (C=O) groups excluding carboxylic acids is 1. The first-order valence-electron chi connectivity index (χ1n) is 6.92. The maximum Gasteiger partial charge on any atom is 0.307 e. The van der Waals surface area contributed by atoms with E-state index in [9.17, 15) is 14.7 Å². The summed E-state index contributed by atoms with van der Waals surface area (Å²) in [5.74, 6) is -1.73. The first kappa shape index (κ1) is 14.1. The monoisotopic (exact) mass is 266 g/mol. The fraction of sp³-hybridized carbons (Fsp3) is 0.714. The molecule has 0 aromatic rings. The second-order valence-corrected chi connectivity index (χ2v) is 5.53. The van der Waals surface area contributed by atoms with Gasteiger partial charge >= 0.3 is 5.97 Å². The topological polar surface area (TPSA) is 69.6 Å². The van der Waals surface area contributed by atoms with Gasteiger partial charge in [-0.1, -0.05) is 19.1 Å². The Balaban J connectivity index is 1.91. The second-order valence-electron chi connectivity index (χ2n) is 5.53. The van der Waals surface area contributed by atoms with Crippen LogP contribution in [0.2, 0.25) is 0 Å². The average molecular weight is 266 g/mol. The highest BCUT2D eigenvalue weighted by Gasteiger charge is 2.51. The zero-order chi connectivity index (χ0) is 14.0. The van der Waals surface area contributed by atoms with Crippen molar-refractivity contribution in [2.75, 3.05) is 26.7 Å². The third-order valence-electron chi connectivity index (χ3n) is 4.38. The Kier molecular flexibility index (Phi) is 4.24. The molecule has 2 aliphatic carbocycles. The van der Waals surface area contributed by atoms with Crippen LogP contribution in [-0.2, 0) is 9.59 Å². The number of nitrogens with zero attached hydrogens (tertiary/aromatic N) is 1. The number of carboxylic acid groups (broad SMARTS) is 1. The predicted molar refractivity (Wildman–Crippen MR) is 71.5 cm³/mol.